The average Bonchev–Trinajstić information content (AvgIpc) is 2.43. The first-order valence-corrected chi connectivity index (χ1v) is 8.41. The molecule has 2 atom stereocenters. The van der Waals surface area contributed by atoms with E-state index in [1.165, 1.54) is 0 Å². The van der Waals surface area contributed by atoms with Crippen molar-refractivity contribution in [3.63, 3.8) is 0 Å². The highest BCUT2D eigenvalue weighted by Gasteiger charge is 2.39. The van der Waals surface area contributed by atoms with Gasteiger partial charge in [0.1, 0.15) is 5.60 Å². The minimum Gasteiger partial charge on any atom is -0.444 e. The number of benzene rings is 1. The normalized spacial score (nSPS) is 22.5. The second kappa shape index (κ2) is 6.82. The monoisotopic (exact) mass is 367 g/mol. The van der Waals surface area contributed by atoms with Crippen molar-refractivity contribution in [2.75, 3.05) is 6.54 Å². The quantitative estimate of drug-likeness (QED) is 0.750. The van der Waals surface area contributed by atoms with Gasteiger partial charge < -0.3 is 4.74 Å². The third-order valence-electron chi connectivity index (χ3n) is 3.54. The van der Waals surface area contributed by atoms with Crippen LogP contribution in [0.3, 0.4) is 0 Å². The molecule has 2 rings (SSSR count). The van der Waals surface area contributed by atoms with E-state index in [0.29, 0.717) is 19.4 Å². The summed E-state index contributed by atoms with van der Waals surface area (Å²) in [5.41, 5.74) is 0.471. The number of nitrogens with zero attached hydrogens (tertiary/aromatic N) is 1. The van der Waals surface area contributed by atoms with Crippen molar-refractivity contribution in [2.24, 2.45) is 0 Å². The zero-order valence-electron chi connectivity index (χ0n) is 13.2. The van der Waals surface area contributed by atoms with E-state index in [4.69, 9.17) is 4.74 Å². The minimum absolute atomic E-state index is 0.0426. The first kappa shape index (κ1) is 17.0. The second-order valence-corrected chi connectivity index (χ2v) is 7.64. The maximum Gasteiger partial charge on any atom is 0.410 e. The molecule has 1 aliphatic heterocycles. The number of likely N-dealkylation sites (tertiary alicyclic amines) is 1. The van der Waals surface area contributed by atoms with Gasteiger partial charge in [-0.15, -0.1) is 0 Å². The molecule has 0 radical (unpaired) electrons. The lowest BCUT2D eigenvalue weighted by atomic mass is 9.94. The largest absolute Gasteiger partial charge is 0.444 e. The number of carbonyl (C=O) groups excluding carboxylic acids is 2. The van der Waals surface area contributed by atoms with Crippen LogP contribution in [0.1, 0.15) is 32.8 Å². The fourth-order valence-electron chi connectivity index (χ4n) is 2.50. The summed E-state index contributed by atoms with van der Waals surface area (Å²) < 4.78 is 5.45. The molecule has 22 heavy (non-hydrogen) atoms. The highest BCUT2D eigenvalue weighted by molar-refractivity contribution is 9.10. The molecule has 1 fully saturated rings. The van der Waals surface area contributed by atoms with Gasteiger partial charge in [0.2, 0.25) is 0 Å². The summed E-state index contributed by atoms with van der Waals surface area (Å²) in [5, 5.41) is 0. The number of piperidine rings is 1. The fraction of sp³-hybridized carbons (Fsp3) is 0.529. The SMILES string of the molecule is CC(C)(C)OC(=O)N1CCC(Br)C(=O)C1Cc1ccccc1. The standard InChI is InChI=1S/C17H22BrNO3/c1-17(2,3)22-16(21)19-10-9-13(18)15(20)14(19)11-12-7-5-4-6-8-12/h4-8,13-14H,9-11H2,1-3H3. The second-order valence-electron chi connectivity index (χ2n) is 6.54. The number of carbonyl (C=O) groups is 2. The molecule has 0 N–H and O–H groups in total. The predicted molar refractivity (Wildman–Crippen MR) is 89.2 cm³/mol. The van der Waals surface area contributed by atoms with Gasteiger partial charge in [-0.05, 0) is 32.8 Å². The van der Waals surface area contributed by atoms with Crippen molar-refractivity contribution in [3.8, 4) is 0 Å². The zero-order valence-corrected chi connectivity index (χ0v) is 14.8. The number of halogens is 1. The first-order valence-electron chi connectivity index (χ1n) is 7.49. The number of rotatable bonds is 2. The van der Waals surface area contributed by atoms with Crippen LogP contribution in [0.5, 0.6) is 0 Å². The molecule has 1 aromatic rings. The van der Waals surface area contributed by atoms with E-state index in [-0.39, 0.29) is 10.6 Å². The van der Waals surface area contributed by atoms with Gasteiger partial charge in [0.15, 0.2) is 5.78 Å². The molecule has 1 aliphatic rings. The van der Waals surface area contributed by atoms with Crippen LogP contribution < -0.4 is 0 Å². The Hall–Kier alpha value is -1.36. The molecule has 0 aliphatic carbocycles. The van der Waals surface area contributed by atoms with Gasteiger partial charge in [0.05, 0.1) is 10.9 Å². The van der Waals surface area contributed by atoms with Crippen LogP contribution in [0.4, 0.5) is 4.79 Å². The van der Waals surface area contributed by atoms with E-state index in [1.807, 2.05) is 51.1 Å². The van der Waals surface area contributed by atoms with Gasteiger partial charge in [-0.1, -0.05) is 46.3 Å². The molecule has 0 bridgehead atoms. The molecular weight excluding hydrogens is 346 g/mol. The van der Waals surface area contributed by atoms with Crippen molar-refractivity contribution in [3.05, 3.63) is 35.9 Å². The van der Waals surface area contributed by atoms with E-state index in [9.17, 15) is 9.59 Å². The molecule has 2 unspecified atom stereocenters. The van der Waals surface area contributed by atoms with Crippen LogP contribution in [-0.4, -0.2) is 39.8 Å². The van der Waals surface area contributed by atoms with Gasteiger partial charge in [-0.3, -0.25) is 9.69 Å². The first-order chi connectivity index (χ1) is 10.3. The van der Waals surface area contributed by atoms with Crippen molar-refractivity contribution in [1.29, 1.82) is 0 Å². The number of Topliss-reactive ketones (excluding diaryl/α,β-unsaturated/α-hetero) is 1. The van der Waals surface area contributed by atoms with Crippen LogP contribution >= 0.6 is 15.9 Å². The van der Waals surface area contributed by atoms with Gasteiger partial charge in [-0.25, -0.2) is 4.79 Å². The van der Waals surface area contributed by atoms with Crippen LogP contribution in [0, 0.1) is 0 Å². The average molecular weight is 368 g/mol. The lowest BCUT2D eigenvalue weighted by Gasteiger charge is -2.37. The van der Waals surface area contributed by atoms with Gasteiger partial charge in [-0.2, -0.15) is 0 Å². The molecule has 120 valence electrons. The summed E-state index contributed by atoms with van der Waals surface area (Å²) in [6.45, 7) is 6.01. The number of hydrogen-bond donors (Lipinski definition) is 0. The fourth-order valence-corrected chi connectivity index (χ4v) is 3.01. The van der Waals surface area contributed by atoms with Gasteiger partial charge in [0, 0.05) is 13.0 Å². The topological polar surface area (TPSA) is 46.6 Å². The summed E-state index contributed by atoms with van der Waals surface area (Å²) in [6.07, 6.45) is 0.714. The van der Waals surface area contributed by atoms with Crippen LogP contribution in [0.2, 0.25) is 0 Å². The summed E-state index contributed by atoms with van der Waals surface area (Å²) >= 11 is 3.42. The Morgan fingerprint density at radius 3 is 2.55 bits per heavy atom. The molecule has 5 heteroatoms. The number of amides is 1. The molecule has 1 amide bonds. The lowest BCUT2D eigenvalue weighted by Crippen LogP contribution is -2.54. The smallest absolute Gasteiger partial charge is 0.410 e. The van der Waals surface area contributed by atoms with Gasteiger partial charge in [0.25, 0.3) is 0 Å². The van der Waals surface area contributed by atoms with Crippen LogP contribution in [-0.2, 0) is 16.0 Å². The highest BCUT2D eigenvalue weighted by atomic mass is 79.9. The van der Waals surface area contributed by atoms with E-state index < -0.39 is 17.7 Å². The Kier molecular flexibility index (Phi) is 5.27. The van der Waals surface area contributed by atoms with E-state index in [0.717, 1.165) is 5.56 Å². The molecule has 0 saturated carbocycles. The van der Waals surface area contributed by atoms with Crippen LogP contribution in [0.15, 0.2) is 30.3 Å². The lowest BCUT2D eigenvalue weighted by molar-refractivity contribution is -0.126. The Labute approximate surface area is 140 Å². The predicted octanol–water partition coefficient (Wildman–Crippen LogP) is 3.57. The van der Waals surface area contributed by atoms with Crippen molar-refractivity contribution in [1.82, 2.24) is 4.90 Å². The number of ether oxygens (including phenoxy) is 1. The van der Waals surface area contributed by atoms with Crippen molar-refractivity contribution >= 4 is 27.8 Å². The van der Waals surface area contributed by atoms with E-state index in [2.05, 4.69) is 15.9 Å². The molecule has 1 heterocycles. The Morgan fingerprint density at radius 2 is 1.95 bits per heavy atom. The third kappa shape index (κ3) is 4.32. The molecule has 1 saturated heterocycles. The summed E-state index contributed by atoms with van der Waals surface area (Å²) in [7, 11) is 0. The number of alkyl halides is 1. The summed E-state index contributed by atoms with van der Waals surface area (Å²) in [5.74, 6) is 0.0426. The maximum atomic E-state index is 12.5. The Morgan fingerprint density at radius 1 is 1.32 bits per heavy atom. The summed E-state index contributed by atoms with van der Waals surface area (Å²) in [4.78, 5) is 26.3. The number of ketones is 1. The maximum absolute atomic E-state index is 12.5. The van der Waals surface area contributed by atoms with E-state index >= 15 is 0 Å². The minimum atomic E-state index is -0.567. The molecule has 0 aromatic heterocycles. The molecule has 1 aromatic carbocycles. The Balaban J connectivity index is 2.19. The third-order valence-corrected chi connectivity index (χ3v) is 4.45. The van der Waals surface area contributed by atoms with E-state index in [1.54, 1.807) is 4.90 Å². The zero-order chi connectivity index (χ0) is 16.3. The van der Waals surface area contributed by atoms with Crippen LogP contribution in [0.25, 0.3) is 0 Å². The molecule has 4 nitrogen and oxygen atoms in total. The highest BCUT2D eigenvalue weighted by Crippen LogP contribution is 2.25. The number of hydrogen-bond acceptors (Lipinski definition) is 3. The van der Waals surface area contributed by atoms with Gasteiger partial charge >= 0.3 is 6.09 Å². The molecular formula is C17H22BrNO3. The molecule has 0 spiro atoms. The van der Waals surface area contributed by atoms with Crippen molar-refractivity contribution < 1.29 is 14.3 Å². The van der Waals surface area contributed by atoms with Crippen molar-refractivity contribution in [2.45, 2.75) is 50.1 Å². The Bertz CT molecular complexity index is 539. The summed E-state index contributed by atoms with van der Waals surface area (Å²) in [6, 6.07) is 9.27.